The average Bonchev–Trinajstić information content (AvgIpc) is 3.02. The normalized spacial score (nSPS) is 24.8. The first-order valence-corrected chi connectivity index (χ1v) is 9.39. The Kier molecular flexibility index (Phi) is 5.77. The standard InChI is InChI=1S/C14H19BrN2O3S.ClH/c1-2-20-14-4-3-12(5-13(14)15)21(18,19)17-8-10-6-16-7-11(10)9-17;/h3-5,10-11,16H,2,6-9H2,1H3;1H/t10-,11+;. The van der Waals surface area contributed by atoms with Crippen LogP contribution in [-0.2, 0) is 10.0 Å². The van der Waals surface area contributed by atoms with Crippen LogP contribution < -0.4 is 10.1 Å². The van der Waals surface area contributed by atoms with E-state index in [0.29, 0.717) is 46.6 Å². The van der Waals surface area contributed by atoms with Crippen LogP contribution in [0.15, 0.2) is 27.6 Å². The number of fused-ring (bicyclic) bond motifs is 1. The molecule has 22 heavy (non-hydrogen) atoms. The fourth-order valence-electron chi connectivity index (χ4n) is 3.07. The first kappa shape index (κ1) is 18.0. The molecule has 124 valence electrons. The number of hydrogen-bond donors (Lipinski definition) is 1. The maximum absolute atomic E-state index is 12.7. The second-order valence-corrected chi connectivity index (χ2v) is 8.32. The van der Waals surface area contributed by atoms with Gasteiger partial charge in [-0.2, -0.15) is 4.31 Å². The maximum Gasteiger partial charge on any atom is 0.243 e. The molecule has 2 atom stereocenters. The number of rotatable bonds is 4. The molecule has 8 heteroatoms. The van der Waals surface area contributed by atoms with Crippen molar-refractivity contribution in [3.05, 3.63) is 22.7 Å². The predicted molar refractivity (Wildman–Crippen MR) is 91.2 cm³/mol. The van der Waals surface area contributed by atoms with Crippen molar-refractivity contribution in [3.63, 3.8) is 0 Å². The second-order valence-electron chi connectivity index (χ2n) is 5.53. The van der Waals surface area contributed by atoms with E-state index in [1.807, 2.05) is 6.92 Å². The third kappa shape index (κ3) is 3.28. The van der Waals surface area contributed by atoms with Gasteiger partial charge in [0.25, 0.3) is 0 Å². The van der Waals surface area contributed by atoms with E-state index in [1.165, 1.54) is 0 Å². The lowest BCUT2D eigenvalue weighted by molar-refractivity contribution is 0.338. The minimum absolute atomic E-state index is 0. The summed E-state index contributed by atoms with van der Waals surface area (Å²) in [6.07, 6.45) is 0. The number of halogens is 2. The van der Waals surface area contributed by atoms with E-state index in [0.717, 1.165) is 13.1 Å². The Hall–Kier alpha value is -0.340. The van der Waals surface area contributed by atoms with Crippen molar-refractivity contribution >= 4 is 38.4 Å². The first-order valence-electron chi connectivity index (χ1n) is 7.15. The van der Waals surface area contributed by atoms with E-state index >= 15 is 0 Å². The fraction of sp³-hybridized carbons (Fsp3) is 0.571. The summed E-state index contributed by atoms with van der Waals surface area (Å²) in [5.74, 6) is 1.57. The number of ether oxygens (including phenoxy) is 1. The first-order chi connectivity index (χ1) is 10.0. The van der Waals surface area contributed by atoms with Crippen molar-refractivity contribution < 1.29 is 13.2 Å². The molecule has 1 aromatic carbocycles. The Morgan fingerprint density at radius 2 is 1.95 bits per heavy atom. The zero-order valence-electron chi connectivity index (χ0n) is 12.3. The van der Waals surface area contributed by atoms with Gasteiger partial charge in [0.1, 0.15) is 5.75 Å². The van der Waals surface area contributed by atoms with E-state index in [1.54, 1.807) is 22.5 Å². The third-order valence-corrected chi connectivity index (χ3v) is 6.64. The molecular formula is C14H20BrClN2O3S. The van der Waals surface area contributed by atoms with E-state index < -0.39 is 10.0 Å². The molecule has 0 saturated carbocycles. The highest BCUT2D eigenvalue weighted by atomic mass is 79.9. The summed E-state index contributed by atoms with van der Waals surface area (Å²) in [7, 11) is -3.41. The number of sulfonamides is 1. The van der Waals surface area contributed by atoms with Crippen molar-refractivity contribution in [2.75, 3.05) is 32.8 Å². The van der Waals surface area contributed by atoms with E-state index in [9.17, 15) is 8.42 Å². The highest BCUT2D eigenvalue weighted by molar-refractivity contribution is 9.10. The topological polar surface area (TPSA) is 58.6 Å². The zero-order valence-corrected chi connectivity index (χ0v) is 15.5. The summed E-state index contributed by atoms with van der Waals surface area (Å²) >= 11 is 3.38. The van der Waals surface area contributed by atoms with Gasteiger partial charge in [-0.05, 0) is 66.0 Å². The molecule has 0 radical (unpaired) electrons. The molecule has 0 aliphatic carbocycles. The van der Waals surface area contributed by atoms with Gasteiger partial charge in [0.15, 0.2) is 0 Å². The lowest BCUT2D eigenvalue weighted by Gasteiger charge is -2.18. The molecule has 2 fully saturated rings. The molecule has 2 heterocycles. The van der Waals surface area contributed by atoms with Gasteiger partial charge in [0, 0.05) is 13.1 Å². The van der Waals surface area contributed by atoms with Crippen molar-refractivity contribution in [2.24, 2.45) is 11.8 Å². The Bertz CT molecular complexity index is 629. The van der Waals surface area contributed by atoms with Gasteiger partial charge in [0.05, 0.1) is 16.0 Å². The quantitative estimate of drug-likeness (QED) is 0.824. The molecule has 3 rings (SSSR count). The Labute approximate surface area is 146 Å². The van der Waals surface area contributed by atoms with Crippen LogP contribution >= 0.6 is 28.3 Å². The van der Waals surface area contributed by atoms with Gasteiger partial charge < -0.3 is 10.1 Å². The second kappa shape index (κ2) is 7.05. The van der Waals surface area contributed by atoms with Gasteiger partial charge in [-0.25, -0.2) is 8.42 Å². The van der Waals surface area contributed by atoms with Gasteiger partial charge in [-0.15, -0.1) is 12.4 Å². The van der Waals surface area contributed by atoms with E-state index in [4.69, 9.17) is 4.74 Å². The Morgan fingerprint density at radius 1 is 1.32 bits per heavy atom. The van der Waals surface area contributed by atoms with Crippen LogP contribution in [0.1, 0.15) is 6.92 Å². The molecule has 0 amide bonds. The van der Waals surface area contributed by atoms with Crippen molar-refractivity contribution in [1.29, 1.82) is 0 Å². The molecular weight excluding hydrogens is 392 g/mol. The van der Waals surface area contributed by atoms with Crippen LogP contribution in [0.5, 0.6) is 5.75 Å². The fourth-order valence-corrected chi connectivity index (χ4v) is 5.30. The molecule has 2 saturated heterocycles. The van der Waals surface area contributed by atoms with Crippen LogP contribution in [0.2, 0.25) is 0 Å². The van der Waals surface area contributed by atoms with Crippen molar-refractivity contribution in [1.82, 2.24) is 9.62 Å². The Morgan fingerprint density at radius 3 is 2.50 bits per heavy atom. The summed E-state index contributed by atoms with van der Waals surface area (Å²) in [6, 6.07) is 4.96. The van der Waals surface area contributed by atoms with Crippen LogP contribution in [0.4, 0.5) is 0 Å². The lowest BCUT2D eigenvalue weighted by atomic mass is 10.0. The summed E-state index contributed by atoms with van der Waals surface area (Å²) in [6.45, 7) is 5.52. The monoisotopic (exact) mass is 410 g/mol. The van der Waals surface area contributed by atoms with Crippen LogP contribution in [0.25, 0.3) is 0 Å². The SMILES string of the molecule is CCOc1ccc(S(=O)(=O)N2C[C@H]3CNC[C@H]3C2)cc1Br.Cl. The van der Waals surface area contributed by atoms with E-state index in [2.05, 4.69) is 21.2 Å². The number of nitrogens with one attached hydrogen (secondary N) is 1. The minimum Gasteiger partial charge on any atom is -0.493 e. The molecule has 2 aliphatic rings. The zero-order chi connectivity index (χ0) is 15.0. The largest absolute Gasteiger partial charge is 0.493 e. The molecule has 0 unspecified atom stereocenters. The highest BCUT2D eigenvalue weighted by Crippen LogP contribution is 2.33. The number of hydrogen-bond acceptors (Lipinski definition) is 4. The molecule has 0 aromatic heterocycles. The predicted octanol–water partition coefficient (Wildman–Crippen LogP) is 2.11. The van der Waals surface area contributed by atoms with Crippen LogP contribution in [0.3, 0.4) is 0 Å². The van der Waals surface area contributed by atoms with Crippen molar-refractivity contribution in [2.45, 2.75) is 11.8 Å². The molecule has 1 N–H and O–H groups in total. The summed E-state index contributed by atoms with van der Waals surface area (Å²) in [4.78, 5) is 0.325. The van der Waals surface area contributed by atoms with Gasteiger partial charge in [0.2, 0.25) is 10.0 Å². The lowest BCUT2D eigenvalue weighted by Crippen LogP contribution is -2.31. The van der Waals surface area contributed by atoms with Crippen molar-refractivity contribution in [3.8, 4) is 5.75 Å². The summed E-state index contributed by atoms with van der Waals surface area (Å²) in [5, 5.41) is 3.32. The van der Waals surface area contributed by atoms with Crippen LogP contribution in [0, 0.1) is 11.8 Å². The van der Waals surface area contributed by atoms with Gasteiger partial charge in [-0.3, -0.25) is 0 Å². The molecule has 2 aliphatic heterocycles. The smallest absolute Gasteiger partial charge is 0.243 e. The molecule has 1 aromatic rings. The third-order valence-electron chi connectivity index (χ3n) is 4.20. The minimum atomic E-state index is -3.41. The molecule has 5 nitrogen and oxygen atoms in total. The average molecular weight is 412 g/mol. The summed E-state index contributed by atoms with van der Waals surface area (Å²) in [5.41, 5.74) is 0. The molecule has 0 spiro atoms. The van der Waals surface area contributed by atoms with Gasteiger partial charge in [-0.1, -0.05) is 0 Å². The van der Waals surface area contributed by atoms with Gasteiger partial charge >= 0.3 is 0 Å². The summed E-state index contributed by atoms with van der Waals surface area (Å²) < 4.78 is 33.2. The highest BCUT2D eigenvalue weighted by Gasteiger charge is 2.41. The Balaban J connectivity index is 0.00000176. The maximum atomic E-state index is 12.7. The molecule has 0 bridgehead atoms. The van der Waals surface area contributed by atoms with Crippen LogP contribution in [-0.4, -0.2) is 45.5 Å². The number of nitrogens with zero attached hydrogens (tertiary/aromatic N) is 1. The number of benzene rings is 1. The van der Waals surface area contributed by atoms with E-state index in [-0.39, 0.29) is 12.4 Å².